The van der Waals surface area contributed by atoms with Gasteiger partial charge in [-0.2, -0.15) is 0 Å². The van der Waals surface area contributed by atoms with Gasteiger partial charge in [-0.25, -0.2) is 0 Å². The Morgan fingerprint density at radius 3 is 2.84 bits per heavy atom. The molecule has 3 heteroatoms. The van der Waals surface area contributed by atoms with Crippen molar-refractivity contribution in [2.45, 2.75) is 44.8 Å². The summed E-state index contributed by atoms with van der Waals surface area (Å²) in [6, 6.07) is 17.1. The minimum Gasteiger partial charge on any atom is -0.491 e. The molecule has 0 unspecified atom stereocenters. The Balaban J connectivity index is 1.59. The molecule has 0 radical (unpaired) electrons. The van der Waals surface area contributed by atoms with Crippen LogP contribution in [0.25, 0.3) is 0 Å². The van der Waals surface area contributed by atoms with E-state index in [1.54, 1.807) is 0 Å². The van der Waals surface area contributed by atoms with Crippen LogP contribution in [0.5, 0.6) is 11.5 Å². The van der Waals surface area contributed by atoms with Crippen LogP contribution in [-0.2, 0) is 6.61 Å². The highest BCUT2D eigenvalue weighted by molar-refractivity contribution is 5.49. The fraction of sp³-hybridized carbons (Fsp3) is 0.455. The van der Waals surface area contributed by atoms with E-state index in [0.717, 1.165) is 24.7 Å². The number of benzene rings is 2. The number of hydrogen-bond acceptors (Lipinski definition) is 3. The number of rotatable bonds is 5. The predicted octanol–water partition coefficient (Wildman–Crippen LogP) is 4.62. The summed E-state index contributed by atoms with van der Waals surface area (Å²) in [5, 5.41) is 0. The predicted molar refractivity (Wildman–Crippen MR) is 100 cm³/mol. The van der Waals surface area contributed by atoms with E-state index in [-0.39, 0.29) is 0 Å². The largest absolute Gasteiger partial charge is 0.491 e. The third kappa shape index (κ3) is 3.38. The number of ether oxygens (including phenoxy) is 2. The van der Waals surface area contributed by atoms with E-state index in [4.69, 9.17) is 9.47 Å². The fourth-order valence-corrected chi connectivity index (χ4v) is 4.30. The van der Waals surface area contributed by atoms with Crippen molar-refractivity contribution in [1.82, 2.24) is 4.90 Å². The molecule has 0 aromatic heterocycles. The van der Waals surface area contributed by atoms with Gasteiger partial charge in [-0.15, -0.1) is 0 Å². The summed E-state index contributed by atoms with van der Waals surface area (Å²) in [7, 11) is 0. The summed E-state index contributed by atoms with van der Waals surface area (Å²) >= 11 is 0. The van der Waals surface area contributed by atoms with Crippen LogP contribution < -0.4 is 9.47 Å². The Kier molecular flexibility index (Phi) is 4.93. The summed E-state index contributed by atoms with van der Waals surface area (Å²) < 4.78 is 12.4. The summed E-state index contributed by atoms with van der Waals surface area (Å²) in [6.07, 6.45) is 3.68. The maximum Gasteiger partial charge on any atom is 0.127 e. The molecule has 2 atom stereocenters. The second-order valence-electron chi connectivity index (χ2n) is 7.11. The van der Waals surface area contributed by atoms with Crippen LogP contribution in [0.1, 0.15) is 43.2 Å². The zero-order valence-electron chi connectivity index (χ0n) is 15.0. The van der Waals surface area contributed by atoms with E-state index in [9.17, 15) is 0 Å². The van der Waals surface area contributed by atoms with Crippen LogP contribution in [0.4, 0.5) is 0 Å². The summed E-state index contributed by atoms with van der Waals surface area (Å²) in [6.45, 7) is 6.02. The molecule has 0 N–H and O–H groups in total. The van der Waals surface area contributed by atoms with E-state index in [1.807, 2.05) is 12.1 Å². The third-order valence-corrected chi connectivity index (χ3v) is 5.45. The lowest BCUT2D eigenvalue weighted by Gasteiger charge is -2.44. The molecule has 0 saturated carbocycles. The smallest absolute Gasteiger partial charge is 0.127 e. The van der Waals surface area contributed by atoms with Gasteiger partial charge < -0.3 is 9.47 Å². The van der Waals surface area contributed by atoms with Gasteiger partial charge in [-0.1, -0.05) is 43.3 Å². The minimum absolute atomic E-state index is 0.489. The molecule has 0 amide bonds. The quantitative estimate of drug-likeness (QED) is 0.795. The SMILES string of the molecule is CCCN1CCC[C@H]2c3c(OCc4ccccc4)cccc3OC[C@@H]21. The normalized spacial score (nSPS) is 22.6. The van der Waals surface area contributed by atoms with Crippen LogP contribution in [0.2, 0.25) is 0 Å². The molecule has 2 aliphatic rings. The number of likely N-dealkylation sites (tertiary alicyclic amines) is 1. The molecule has 3 nitrogen and oxygen atoms in total. The molecule has 2 aromatic rings. The van der Waals surface area contributed by atoms with Crippen molar-refractivity contribution in [3.8, 4) is 11.5 Å². The van der Waals surface area contributed by atoms with Gasteiger partial charge in [0.25, 0.3) is 0 Å². The van der Waals surface area contributed by atoms with Crippen LogP contribution in [0.15, 0.2) is 48.5 Å². The molecule has 1 saturated heterocycles. The molecule has 2 aliphatic heterocycles. The zero-order chi connectivity index (χ0) is 17.1. The van der Waals surface area contributed by atoms with Crippen LogP contribution in [0.3, 0.4) is 0 Å². The first-order valence-electron chi connectivity index (χ1n) is 9.53. The highest BCUT2D eigenvalue weighted by Crippen LogP contribution is 2.45. The molecule has 2 heterocycles. The first-order valence-corrected chi connectivity index (χ1v) is 9.53. The average molecular weight is 337 g/mol. The Labute approximate surface area is 150 Å². The highest BCUT2D eigenvalue weighted by Gasteiger charge is 2.38. The van der Waals surface area contributed by atoms with Gasteiger partial charge in [0.05, 0.1) is 6.04 Å². The van der Waals surface area contributed by atoms with Crippen LogP contribution >= 0.6 is 0 Å². The lowest BCUT2D eigenvalue weighted by molar-refractivity contribution is 0.0640. The zero-order valence-corrected chi connectivity index (χ0v) is 15.0. The topological polar surface area (TPSA) is 21.7 Å². The van der Waals surface area contributed by atoms with Crippen molar-refractivity contribution >= 4 is 0 Å². The summed E-state index contributed by atoms with van der Waals surface area (Å²) in [5.41, 5.74) is 2.49. The van der Waals surface area contributed by atoms with Crippen LogP contribution in [0, 0.1) is 0 Å². The molecule has 25 heavy (non-hydrogen) atoms. The third-order valence-electron chi connectivity index (χ3n) is 5.45. The van der Waals surface area contributed by atoms with E-state index in [2.05, 4.69) is 48.2 Å². The van der Waals surface area contributed by atoms with E-state index in [1.165, 1.54) is 36.9 Å². The molecule has 2 aromatic carbocycles. The van der Waals surface area contributed by atoms with Gasteiger partial charge in [-0.3, -0.25) is 4.90 Å². The van der Waals surface area contributed by atoms with E-state index >= 15 is 0 Å². The van der Waals surface area contributed by atoms with Crippen molar-refractivity contribution in [1.29, 1.82) is 0 Å². The minimum atomic E-state index is 0.489. The van der Waals surface area contributed by atoms with Crippen molar-refractivity contribution in [3.05, 3.63) is 59.7 Å². The lowest BCUT2D eigenvalue weighted by atomic mass is 9.81. The Morgan fingerprint density at radius 1 is 1.12 bits per heavy atom. The Bertz CT molecular complexity index is 698. The molecular formula is C22H27NO2. The van der Waals surface area contributed by atoms with Crippen molar-refractivity contribution in [2.75, 3.05) is 19.7 Å². The first-order chi connectivity index (χ1) is 12.4. The standard InChI is InChI=1S/C22H27NO2/c1-2-13-23-14-7-10-18-19(23)16-25-21-12-6-11-20(22(18)21)24-15-17-8-4-3-5-9-17/h3-6,8-9,11-12,18-19H,2,7,10,13-16H2,1H3/t18-,19+/m1/s1. The first kappa shape index (κ1) is 16.5. The molecule has 0 bridgehead atoms. The molecule has 1 fully saturated rings. The van der Waals surface area contributed by atoms with Crippen LogP contribution in [-0.4, -0.2) is 30.6 Å². The van der Waals surface area contributed by atoms with E-state index in [0.29, 0.717) is 18.6 Å². The molecule has 0 spiro atoms. The Hall–Kier alpha value is -2.00. The second-order valence-corrected chi connectivity index (χ2v) is 7.11. The van der Waals surface area contributed by atoms with Gasteiger partial charge in [0.15, 0.2) is 0 Å². The Morgan fingerprint density at radius 2 is 2.00 bits per heavy atom. The fourth-order valence-electron chi connectivity index (χ4n) is 4.30. The van der Waals surface area contributed by atoms with Crippen molar-refractivity contribution in [3.63, 3.8) is 0 Å². The second kappa shape index (κ2) is 7.49. The van der Waals surface area contributed by atoms with Gasteiger partial charge in [0.1, 0.15) is 24.7 Å². The summed E-state index contributed by atoms with van der Waals surface area (Å²) in [5.74, 6) is 2.54. The molecule has 0 aliphatic carbocycles. The van der Waals surface area contributed by atoms with E-state index < -0.39 is 0 Å². The number of fused-ring (bicyclic) bond motifs is 3. The van der Waals surface area contributed by atoms with Gasteiger partial charge in [0, 0.05) is 11.5 Å². The number of piperidine rings is 1. The molecule has 132 valence electrons. The number of nitrogens with zero attached hydrogens (tertiary/aromatic N) is 1. The average Bonchev–Trinajstić information content (AvgIpc) is 2.67. The van der Waals surface area contributed by atoms with Gasteiger partial charge in [-0.05, 0) is 50.0 Å². The van der Waals surface area contributed by atoms with Crippen molar-refractivity contribution < 1.29 is 9.47 Å². The maximum absolute atomic E-state index is 6.24. The van der Waals surface area contributed by atoms with Gasteiger partial charge >= 0.3 is 0 Å². The number of hydrogen-bond donors (Lipinski definition) is 0. The van der Waals surface area contributed by atoms with Gasteiger partial charge in [0.2, 0.25) is 0 Å². The molecular weight excluding hydrogens is 310 g/mol. The monoisotopic (exact) mass is 337 g/mol. The van der Waals surface area contributed by atoms with Crippen molar-refractivity contribution in [2.24, 2.45) is 0 Å². The highest BCUT2D eigenvalue weighted by atomic mass is 16.5. The summed E-state index contributed by atoms with van der Waals surface area (Å²) in [4.78, 5) is 2.62. The molecule has 4 rings (SSSR count). The lowest BCUT2D eigenvalue weighted by Crippen LogP contribution is -2.49. The maximum atomic E-state index is 6.24.